The molecule has 0 unspecified atom stereocenters. The minimum absolute atomic E-state index is 0.0791. The number of carbonyl (C=O) groups is 1. The minimum atomic E-state index is -0.521. The van der Waals surface area contributed by atoms with Crippen molar-refractivity contribution in [1.29, 1.82) is 0 Å². The number of rotatable bonds is 12. The Balaban J connectivity index is 1.65. The number of methoxy groups -OCH3 is 1. The Hall–Kier alpha value is -3.60. The van der Waals surface area contributed by atoms with E-state index in [9.17, 15) is 14.9 Å². The van der Waals surface area contributed by atoms with Crippen molar-refractivity contribution in [2.24, 2.45) is 5.92 Å². The number of nitrogens with zero attached hydrogens (tertiary/aromatic N) is 4. The number of nitro groups is 1. The van der Waals surface area contributed by atoms with Crippen molar-refractivity contribution in [3.8, 4) is 11.5 Å². The number of benzene rings is 2. The van der Waals surface area contributed by atoms with Gasteiger partial charge >= 0.3 is 0 Å². The van der Waals surface area contributed by atoms with E-state index < -0.39 is 4.92 Å². The van der Waals surface area contributed by atoms with Gasteiger partial charge in [0, 0.05) is 12.6 Å². The summed E-state index contributed by atoms with van der Waals surface area (Å²) in [6.45, 7) is 7.23. The predicted octanol–water partition coefficient (Wildman–Crippen LogP) is 4.72. The lowest BCUT2D eigenvalue weighted by Gasteiger charge is -2.13. The first-order chi connectivity index (χ1) is 16.8. The van der Waals surface area contributed by atoms with Crippen molar-refractivity contribution in [3.05, 3.63) is 64.0 Å². The molecule has 0 aliphatic rings. The highest BCUT2D eigenvalue weighted by Crippen LogP contribution is 2.29. The summed E-state index contributed by atoms with van der Waals surface area (Å²) in [4.78, 5) is 23.0. The molecule has 3 rings (SSSR count). The van der Waals surface area contributed by atoms with Crippen LogP contribution in [0.1, 0.15) is 32.2 Å². The van der Waals surface area contributed by atoms with Gasteiger partial charge in [0.25, 0.3) is 5.69 Å². The number of ether oxygens (including phenoxy) is 2. The standard InChI is InChI=1S/C24H29N5O5S/c1-5-17-6-9-19(10-7-17)34-14-22-26-27-24(28(22)13-16(2)3)35-15-23(30)25-20-11-8-18(29(31)32)12-21(20)33-4/h6-12,16H,5,13-15H2,1-4H3,(H,25,30). The average molecular weight is 500 g/mol. The fourth-order valence-corrected chi connectivity index (χ4v) is 4.03. The lowest BCUT2D eigenvalue weighted by Crippen LogP contribution is -2.16. The number of nitro benzene ring substituents is 1. The molecule has 0 bridgehead atoms. The van der Waals surface area contributed by atoms with Crippen LogP contribution in [-0.4, -0.2) is 38.5 Å². The number of carbonyl (C=O) groups excluding carboxylic acids is 1. The molecule has 35 heavy (non-hydrogen) atoms. The van der Waals surface area contributed by atoms with Gasteiger partial charge in [-0.2, -0.15) is 0 Å². The van der Waals surface area contributed by atoms with Gasteiger partial charge in [0.1, 0.15) is 18.1 Å². The molecular weight excluding hydrogens is 470 g/mol. The topological polar surface area (TPSA) is 121 Å². The highest BCUT2D eigenvalue weighted by Gasteiger charge is 2.18. The van der Waals surface area contributed by atoms with Crippen LogP contribution in [0.15, 0.2) is 47.6 Å². The molecule has 0 radical (unpaired) electrons. The summed E-state index contributed by atoms with van der Waals surface area (Å²) in [7, 11) is 1.39. The molecule has 1 amide bonds. The SMILES string of the molecule is CCc1ccc(OCc2nnc(SCC(=O)Nc3ccc([N+](=O)[O-])cc3OC)n2CC(C)C)cc1. The van der Waals surface area contributed by atoms with Gasteiger partial charge in [-0.1, -0.05) is 44.7 Å². The van der Waals surface area contributed by atoms with Crippen molar-refractivity contribution < 1.29 is 19.2 Å². The van der Waals surface area contributed by atoms with Gasteiger partial charge in [-0.15, -0.1) is 10.2 Å². The second kappa shape index (κ2) is 12.2. The monoisotopic (exact) mass is 499 g/mol. The number of amides is 1. The van der Waals surface area contributed by atoms with Crippen molar-refractivity contribution in [3.63, 3.8) is 0 Å². The van der Waals surface area contributed by atoms with Gasteiger partial charge < -0.3 is 19.4 Å². The van der Waals surface area contributed by atoms with E-state index in [-0.39, 0.29) is 29.7 Å². The summed E-state index contributed by atoms with van der Waals surface area (Å²) in [5.74, 6) is 1.77. The smallest absolute Gasteiger partial charge is 0.273 e. The molecular formula is C24H29N5O5S. The maximum atomic E-state index is 12.6. The maximum Gasteiger partial charge on any atom is 0.273 e. The molecule has 0 spiro atoms. The van der Waals surface area contributed by atoms with Crippen LogP contribution in [-0.2, 0) is 24.4 Å². The Morgan fingerprint density at radius 2 is 1.94 bits per heavy atom. The molecule has 2 aromatic carbocycles. The summed E-state index contributed by atoms with van der Waals surface area (Å²) in [5.41, 5.74) is 1.48. The molecule has 0 fully saturated rings. The second-order valence-corrected chi connectivity index (χ2v) is 9.11. The molecule has 10 nitrogen and oxygen atoms in total. The molecule has 1 heterocycles. The van der Waals surface area contributed by atoms with E-state index in [1.165, 1.54) is 42.6 Å². The zero-order chi connectivity index (χ0) is 25.4. The average Bonchev–Trinajstić information content (AvgIpc) is 3.22. The number of hydrogen-bond acceptors (Lipinski definition) is 8. The number of thioether (sulfide) groups is 1. The lowest BCUT2D eigenvalue weighted by atomic mass is 10.2. The fraction of sp³-hybridized carbons (Fsp3) is 0.375. The number of aromatic nitrogens is 3. The van der Waals surface area contributed by atoms with Gasteiger partial charge in [-0.3, -0.25) is 14.9 Å². The Morgan fingerprint density at radius 3 is 2.57 bits per heavy atom. The summed E-state index contributed by atoms with van der Waals surface area (Å²) in [6, 6.07) is 12.0. The molecule has 3 aromatic rings. The Morgan fingerprint density at radius 1 is 1.20 bits per heavy atom. The first-order valence-electron chi connectivity index (χ1n) is 11.2. The number of nitrogens with one attached hydrogen (secondary N) is 1. The Labute approximate surface area is 208 Å². The molecule has 1 aromatic heterocycles. The van der Waals surface area contributed by atoms with Crippen LogP contribution >= 0.6 is 11.8 Å². The van der Waals surface area contributed by atoms with Gasteiger partial charge in [0.15, 0.2) is 11.0 Å². The molecule has 0 aliphatic carbocycles. The molecule has 0 atom stereocenters. The number of non-ortho nitro benzene ring substituents is 1. The van der Waals surface area contributed by atoms with Crippen molar-refractivity contribution in [2.45, 2.75) is 45.5 Å². The molecule has 0 saturated carbocycles. The van der Waals surface area contributed by atoms with Crippen molar-refractivity contribution in [1.82, 2.24) is 14.8 Å². The third kappa shape index (κ3) is 7.19. The van der Waals surface area contributed by atoms with Crippen molar-refractivity contribution >= 4 is 29.0 Å². The molecule has 0 aliphatic heterocycles. The van der Waals surface area contributed by atoms with E-state index in [0.717, 1.165) is 12.2 Å². The zero-order valence-corrected chi connectivity index (χ0v) is 21.0. The first-order valence-corrected chi connectivity index (χ1v) is 12.2. The molecule has 0 saturated heterocycles. The first kappa shape index (κ1) is 26.0. The van der Waals surface area contributed by atoms with Crippen LogP contribution in [0.25, 0.3) is 0 Å². The van der Waals surface area contributed by atoms with E-state index in [1.54, 1.807) is 0 Å². The van der Waals surface area contributed by atoms with Gasteiger partial charge in [0.2, 0.25) is 5.91 Å². The largest absolute Gasteiger partial charge is 0.494 e. The van der Waals surface area contributed by atoms with Gasteiger partial charge in [-0.05, 0) is 36.1 Å². The summed E-state index contributed by atoms with van der Waals surface area (Å²) in [6.07, 6.45) is 0.966. The van der Waals surface area contributed by atoms with Crippen molar-refractivity contribution in [2.75, 3.05) is 18.2 Å². The second-order valence-electron chi connectivity index (χ2n) is 8.17. The summed E-state index contributed by atoms with van der Waals surface area (Å²) >= 11 is 1.26. The van der Waals surface area contributed by atoms with Crippen LogP contribution in [0, 0.1) is 16.0 Å². The molecule has 11 heteroatoms. The zero-order valence-electron chi connectivity index (χ0n) is 20.2. The van der Waals surface area contributed by atoms with Crippen LogP contribution in [0.4, 0.5) is 11.4 Å². The molecule has 186 valence electrons. The van der Waals surface area contributed by atoms with E-state index in [0.29, 0.717) is 29.1 Å². The van der Waals surface area contributed by atoms with E-state index in [1.807, 2.05) is 28.8 Å². The quantitative estimate of drug-likeness (QED) is 0.216. The van der Waals surface area contributed by atoms with Crippen LogP contribution in [0.2, 0.25) is 0 Å². The van der Waals surface area contributed by atoms with E-state index in [2.05, 4.69) is 36.3 Å². The normalized spacial score (nSPS) is 10.9. The highest BCUT2D eigenvalue weighted by atomic mass is 32.2. The van der Waals surface area contributed by atoms with E-state index >= 15 is 0 Å². The number of aryl methyl sites for hydroxylation is 1. The third-order valence-corrected chi connectivity index (χ3v) is 6.01. The highest BCUT2D eigenvalue weighted by molar-refractivity contribution is 7.99. The number of anilines is 1. The van der Waals surface area contributed by atoms with Crippen LogP contribution in [0.3, 0.4) is 0 Å². The maximum absolute atomic E-state index is 12.6. The van der Waals surface area contributed by atoms with Crippen LogP contribution in [0.5, 0.6) is 11.5 Å². The van der Waals surface area contributed by atoms with Gasteiger partial charge in [-0.25, -0.2) is 0 Å². The van der Waals surface area contributed by atoms with Crippen LogP contribution < -0.4 is 14.8 Å². The van der Waals surface area contributed by atoms with Gasteiger partial charge in [0.05, 0.1) is 29.5 Å². The number of hydrogen-bond donors (Lipinski definition) is 1. The Bertz CT molecular complexity index is 1160. The summed E-state index contributed by atoms with van der Waals surface area (Å²) in [5, 5.41) is 22.9. The van der Waals surface area contributed by atoms with E-state index in [4.69, 9.17) is 9.47 Å². The Kier molecular flexibility index (Phi) is 9.07. The molecule has 1 N–H and O–H groups in total. The minimum Gasteiger partial charge on any atom is -0.494 e. The summed E-state index contributed by atoms with van der Waals surface area (Å²) < 4.78 is 13.1. The predicted molar refractivity (Wildman–Crippen MR) is 134 cm³/mol. The lowest BCUT2D eigenvalue weighted by molar-refractivity contribution is -0.384. The fourth-order valence-electron chi connectivity index (χ4n) is 3.26. The third-order valence-electron chi connectivity index (χ3n) is 5.04.